The zero-order chi connectivity index (χ0) is 18.5. The fourth-order valence-electron chi connectivity index (χ4n) is 2.79. The Morgan fingerprint density at radius 3 is 2.58 bits per heavy atom. The molecule has 3 rings (SSSR count). The van der Waals surface area contributed by atoms with E-state index < -0.39 is 10.8 Å². The zero-order valence-corrected chi connectivity index (χ0v) is 16.1. The van der Waals surface area contributed by atoms with Gasteiger partial charge in [0.15, 0.2) is 0 Å². The summed E-state index contributed by atoms with van der Waals surface area (Å²) < 4.78 is 17.8. The standard InChI is InChI=1S/C19H21ClN2O3S/c1-14-12-22(10-11-25-14)17-6-4-16(5-7-17)21-19(23)13-26(24)18-8-2-15(20)3-9-18/h2-9,14H,10-13H2,1H3,(H,21,23). The fraction of sp³-hybridized carbons (Fsp3) is 0.316. The second-order valence-corrected chi connectivity index (χ2v) is 8.05. The summed E-state index contributed by atoms with van der Waals surface area (Å²) in [4.78, 5) is 15.0. The van der Waals surface area contributed by atoms with Gasteiger partial charge in [-0.05, 0) is 55.5 Å². The van der Waals surface area contributed by atoms with E-state index >= 15 is 0 Å². The number of carbonyl (C=O) groups is 1. The third-order valence-electron chi connectivity index (χ3n) is 4.10. The molecule has 1 aliphatic rings. The molecular weight excluding hydrogens is 372 g/mol. The number of anilines is 2. The van der Waals surface area contributed by atoms with Crippen molar-refractivity contribution in [3.8, 4) is 0 Å². The van der Waals surface area contributed by atoms with Crippen molar-refractivity contribution in [2.45, 2.75) is 17.9 Å². The Balaban J connectivity index is 1.55. The second-order valence-electron chi connectivity index (χ2n) is 6.17. The van der Waals surface area contributed by atoms with Crippen molar-refractivity contribution in [1.29, 1.82) is 0 Å². The lowest BCUT2D eigenvalue weighted by Gasteiger charge is -2.33. The summed E-state index contributed by atoms with van der Waals surface area (Å²) in [5.74, 6) is -0.379. The Bertz CT molecular complexity index is 780. The number of nitrogens with zero attached hydrogens (tertiary/aromatic N) is 1. The van der Waals surface area contributed by atoms with Crippen molar-refractivity contribution in [2.24, 2.45) is 0 Å². The minimum absolute atomic E-state index is 0.0929. The molecule has 1 N–H and O–H groups in total. The van der Waals surface area contributed by atoms with Crippen LogP contribution in [0.1, 0.15) is 6.92 Å². The van der Waals surface area contributed by atoms with Gasteiger partial charge in [0.1, 0.15) is 5.75 Å². The van der Waals surface area contributed by atoms with Gasteiger partial charge in [-0.1, -0.05) is 11.6 Å². The van der Waals surface area contributed by atoms with Gasteiger partial charge in [-0.3, -0.25) is 9.00 Å². The Hall–Kier alpha value is -1.89. The van der Waals surface area contributed by atoms with Crippen LogP contribution in [0.2, 0.25) is 5.02 Å². The van der Waals surface area contributed by atoms with E-state index in [4.69, 9.17) is 16.3 Å². The summed E-state index contributed by atoms with van der Waals surface area (Å²) in [6.45, 7) is 4.49. The van der Waals surface area contributed by atoms with E-state index in [1.54, 1.807) is 24.3 Å². The summed E-state index contributed by atoms with van der Waals surface area (Å²) in [5, 5.41) is 3.37. The molecule has 1 fully saturated rings. The van der Waals surface area contributed by atoms with Gasteiger partial charge < -0.3 is 15.0 Å². The summed E-state index contributed by atoms with van der Waals surface area (Å²) in [6.07, 6.45) is 0.214. The van der Waals surface area contributed by atoms with Gasteiger partial charge in [-0.25, -0.2) is 0 Å². The highest BCUT2D eigenvalue weighted by molar-refractivity contribution is 7.85. The first-order valence-electron chi connectivity index (χ1n) is 8.41. The maximum atomic E-state index is 12.2. The molecule has 0 aliphatic carbocycles. The molecule has 0 aromatic heterocycles. The number of halogens is 1. The van der Waals surface area contributed by atoms with Gasteiger partial charge in [0.2, 0.25) is 5.91 Å². The maximum Gasteiger partial charge on any atom is 0.237 e. The number of hydrogen-bond acceptors (Lipinski definition) is 4. The van der Waals surface area contributed by atoms with Crippen LogP contribution in [-0.4, -0.2) is 41.7 Å². The molecule has 0 radical (unpaired) electrons. The largest absolute Gasteiger partial charge is 0.375 e. The third-order valence-corrected chi connectivity index (χ3v) is 5.67. The molecule has 26 heavy (non-hydrogen) atoms. The van der Waals surface area contributed by atoms with E-state index in [2.05, 4.69) is 17.1 Å². The van der Waals surface area contributed by atoms with E-state index in [-0.39, 0.29) is 17.8 Å². The van der Waals surface area contributed by atoms with Crippen LogP contribution in [0.5, 0.6) is 0 Å². The SMILES string of the molecule is CC1CN(c2ccc(NC(=O)CS(=O)c3ccc(Cl)cc3)cc2)CCO1. The Morgan fingerprint density at radius 2 is 1.92 bits per heavy atom. The van der Waals surface area contributed by atoms with Crippen molar-refractivity contribution in [3.63, 3.8) is 0 Å². The number of carbonyl (C=O) groups excluding carboxylic acids is 1. The molecule has 138 valence electrons. The molecule has 2 atom stereocenters. The number of ether oxygens (including phenoxy) is 1. The van der Waals surface area contributed by atoms with Gasteiger partial charge in [-0.15, -0.1) is 0 Å². The van der Waals surface area contributed by atoms with Gasteiger partial charge in [0.25, 0.3) is 0 Å². The molecule has 1 saturated heterocycles. The number of nitrogens with one attached hydrogen (secondary N) is 1. The topological polar surface area (TPSA) is 58.6 Å². The maximum absolute atomic E-state index is 12.2. The van der Waals surface area contributed by atoms with Crippen LogP contribution >= 0.6 is 11.6 Å². The first-order chi connectivity index (χ1) is 12.5. The molecule has 5 nitrogen and oxygen atoms in total. The molecule has 0 saturated carbocycles. The third kappa shape index (κ3) is 5.06. The lowest BCUT2D eigenvalue weighted by atomic mass is 10.2. The van der Waals surface area contributed by atoms with E-state index in [0.717, 1.165) is 25.4 Å². The van der Waals surface area contributed by atoms with Crippen LogP contribution in [0.25, 0.3) is 0 Å². The van der Waals surface area contributed by atoms with Crippen LogP contribution in [0, 0.1) is 0 Å². The normalized spacial score (nSPS) is 18.4. The monoisotopic (exact) mass is 392 g/mol. The summed E-state index contributed by atoms with van der Waals surface area (Å²) in [5.41, 5.74) is 1.79. The minimum Gasteiger partial charge on any atom is -0.375 e. The Morgan fingerprint density at radius 1 is 1.23 bits per heavy atom. The van der Waals surface area contributed by atoms with Crippen LogP contribution in [0.3, 0.4) is 0 Å². The molecule has 2 unspecified atom stereocenters. The van der Waals surface area contributed by atoms with Gasteiger partial charge in [0.05, 0.1) is 23.5 Å². The van der Waals surface area contributed by atoms with Crippen molar-refractivity contribution >= 4 is 39.7 Å². The second kappa shape index (κ2) is 8.66. The Kier molecular flexibility index (Phi) is 6.29. The molecule has 0 spiro atoms. The van der Waals surface area contributed by atoms with Crippen LogP contribution in [-0.2, 0) is 20.3 Å². The molecule has 1 aliphatic heterocycles. The van der Waals surface area contributed by atoms with Gasteiger partial charge >= 0.3 is 0 Å². The van der Waals surface area contributed by atoms with Gasteiger partial charge in [0, 0.05) is 34.4 Å². The number of hydrogen-bond donors (Lipinski definition) is 1. The van der Waals surface area contributed by atoms with Crippen molar-refractivity contribution < 1.29 is 13.7 Å². The first kappa shape index (κ1) is 18.9. The quantitative estimate of drug-likeness (QED) is 0.848. The van der Waals surface area contributed by atoms with E-state index in [1.165, 1.54) is 0 Å². The predicted octanol–water partition coefficient (Wildman–Crippen LogP) is 3.31. The number of amides is 1. The highest BCUT2D eigenvalue weighted by Crippen LogP contribution is 2.20. The molecule has 0 bridgehead atoms. The van der Waals surface area contributed by atoms with E-state index in [1.807, 2.05) is 24.3 Å². The van der Waals surface area contributed by atoms with Crippen LogP contribution in [0.15, 0.2) is 53.4 Å². The number of benzene rings is 2. The lowest BCUT2D eigenvalue weighted by Crippen LogP contribution is -2.41. The summed E-state index contributed by atoms with van der Waals surface area (Å²) in [6, 6.07) is 14.3. The number of morpholine rings is 1. The first-order valence-corrected chi connectivity index (χ1v) is 10.1. The fourth-order valence-corrected chi connectivity index (χ4v) is 3.84. The average Bonchev–Trinajstić information content (AvgIpc) is 2.62. The predicted molar refractivity (Wildman–Crippen MR) is 105 cm³/mol. The molecule has 1 amide bonds. The van der Waals surface area contributed by atoms with Gasteiger partial charge in [-0.2, -0.15) is 0 Å². The van der Waals surface area contributed by atoms with Crippen LogP contribution < -0.4 is 10.2 Å². The minimum atomic E-state index is -1.40. The molecule has 1 heterocycles. The molecule has 2 aromatic rings. The van der Waals surface area contributed by atoms with Crippen molar-refractivity contribution in [2.75, 3.05) is 35.7 Å². The molecule has 7 heteroatoms. The highest BCUT2D eigenvalue weighted by Gasteiger charge is 2.17. The average molecular weight is 393 g/mol. The summed E-state index contributed by atoms with van der Waals surface area (Å²) in [7, 11) is -1.40. The van der Waals surface area contributed by atoms with Crippen molar-refractivity contribution in [3.05, 3.63) is 53.6 Å². The van der Waals surface area contributed by atoms with Crippen molar-refractivity contribution in [1.82, 2.24) is 0 Å². The van der Waals surface area contributed by atoms with E-state index in [0.29, 0.717) is 15.6 Å². The van der Waals surface area contributed by atoms with E-state index in [9.17, 15) is 9.00 Å². The smallest absolute Gasteiger partial charge is 0.237 e. The molecular formula is C19H21ClN2O3S. The lowest BCUT2D eigenvalue weighted by molar-refractivity contribution is -0.113. The van der Waals surface area contributed by atoms with Crippen LogP contribution in [0.4, 0.5) is 11.4 Å². The molecule has 2 aromatic carbocycles. The highest BCUT2D eigenvalue weighted by atomic mass is 35.5. The summed E-state index contributed by atoms with van der Waals surface area (Å²) >= 11 is 5.82. The number of rotatable bonds is 5. The Labute approximate surface area is 160 Å². The zero-order valence-electron chi connectivity index (χ0n) is 14.5.